The first kappa shape index (κ1) is 20.9. The van der Waals surface area contributed by atoms with Crippen LogP contribution in [0.5, 0.6) is 5.75 Å². The third-order valence-corrected chi connectivity index (χ3v) is 6.21. The smallest absolute Gasteiger partial charge is 0.123 e. The predicted molar refractivity (Wildman–Crippen MR) is 124 cm³/mol. The van der Waals surface area contributed by atoms with Gasteiger partial charge in [0.15, 0.2) is 0 Å². The molecule has 1 heterocycles. The van der Waals surface area contributed by atoms with E-state index >= 15 is 0 Å². The molecule has 0 saturated carbocycles. The third kappa shape index (κ3) is 4.86. The van der Waals surface area contributed by atoms with Gasteiger partial charge in [-0.2, -0.15) is 0 Å². The Bertz CT molecular complexity index is 893. The van der Waals surface area contributed by atoms with Crippen LogP contribution < -0.4 is 15.4 Å². The number of methoxy groups -OCH3 is 1. The van der Waals surface area contributed by atoms with Crippen molar-refractivity contribution < 1.29 is 4.74 Å². The summed E-state index contributed by atoms with van der Waals surface area (Å²) >= 11 is 6.24. The van der Waals surface area contributed by atoms with E-state index < -0.39 is 0 Å². The normalized spacial score (nSPS) is 19.0. The fourth-order valence-electron chi connectivity index (χ4n) is 4.55. The summed E-state index contributed by atoms with van der Waals surface area (Å²) < 4.78 is 5.54. The van der Waals surface area contributed by atoms with E-state index in [-0.39, 0.29) is 5.92 Å². The van der Waals surface area contributed by atoms with Crippen molar-refractivity contribution in [3.63, 3.8) is 0 Å². The first-order valence-electron chi connectivity index (χ1n) is 10.7. The fourth-order valence-corrected chi connectivity index (χ4v) is 4.74. The number of ether oxygens (including phenoxy) is 1. The van der Waals surface area contributed by atoms with Gasteiger partial charge in [0.2, 0.25) is 0 Å². The number of rotatable bonds is 7. The van der Waals surface area contributed by atoms with Gasteiger partial charge in [0, 0.05) is 35.1 Å². The lowest BCUT2D eigenvalue weighted by Crippen LogP contribution is -2.54. The van der Waals surface area contributed by atoms with Crippen molar-refractivity contribution in [2.24, 2.45) is 0 Å². The van der Waals surface area contributed by atoms with Crippen molar-refractivity contribution in [3.05, 3.63) is 101 Å². The summed E-state index contributed by atoms with van der Waals surface area (Å²) in [4.78, 5) is 0. The molecule has 0 amide bonds. The van der Waals surface area contributed by atoms with Crippen LogP contribution in [-0.4, -0.2) is 25.7 Å². The molecule has 3 aromatic carbocycles. The van der Waals surface area contributed by atoms with Gasteiger partial charge in [-0.3, -0.25) is 0 Å². The van der Waals surface area contributed by atoms with Gasteiger partial charge in [0.05, 0.1) is 7.11 Å². The van der Waals surface area contributed by atoms with Gasteiger partial charge < -0.3 is 15.4 Å². The van der Waals surface area contributed by atoms with Gasteiger partial charge in [-0.1, -0.05) is 72.3 Å². The van der Waals surface area contributed by atoms with Crippen molar-refractivity contribution in [2.45, 2.75) is 37.4 Å². The number of benzene rings is 3. The molecule has 3 nitrogen and oxygen atoms in total. The first-order chi connectivity index (χ1) is 14.8. The second-order valence-corrected chi connectivity index (χ2v) is 8.30. The third-order valence-electron chi connectivity index (χ3n) is 5.98. The van der Waals surface area contributed by atoms with Crippen molar-refractivity contribution >= 4 is 11.6 Å². The Morgan fingerprint density at radius 3 is 2.30 bits per heavy atom. The van der Waals surface area contributed by atoms with Crippen LogP contribution in [0.2, 0.25) is 5.02 Å². The SMILES string of the molecule is COc1ccc(Cl)cc1CN[C@H]1CCCN[C@H]1C(c1ccccc1)c1ccccc1. The zero-order valence-electron chi connectivity index (χ0n) is 17.4. The molecule has 1 aliphatic rings. The summed E-state index contributed by atoms with van der Waals surface area (Å²) in [5.41, 5.74) is 3.77. The Morgan fingerprint density at radius 1 is 1.00 bits per heavy atom. The molecule has 0 bridgehead atoms. The van der Waals surface area contributed by atoms with Gasteiger partial charge in [-0.25, -0.2) is 0 Å². The second-order valence-electron chi connectivity index (χ2n) is 7.86. The van der Waals surface area contributed by atoms with Gasteiger partial charge in [-0.05, 0) is 48.7 Å². The van der Waals surface area contributed by atoms with Crippen LogP contribution in [0.4, 0.5) is 0 Å². The Morgan fingerprint density at radius 2 is 1.67 bits per heavy atom. The maximum atomic E-state index is 6.24. The van der Waals surface area contributed by atoms with Crippen LogP contribution >= 0.6 is 11.6 Å². The largest absolute Gasteiger partial charge is 0.496 e. The highest BCUT2D eigenvalue weighted by Gasteiger charge is 2.33. The van der Waals surface area contributed by atoms with Crippen LogP contribution in [0.25, 0.3) is 0 Å². The summed E-state index contributed by atoms with van der Waals surface area (Å²) in [6, 6.07) is 28.1. The van der Waals surface area contributed by atoms with E-state index in [0.29, 0.717) is 12.1 Å². The maximum absolute atomic E-state index is 6.24. The van der Waals surface area contributed by atoms with Crippen molar-refractivity contribution in [1.29, 1.82) is 0 Å². The Hall–Kier alpha value is -2.33. The van der Waals surface area contributed by atoms with E-state index in [1.165, 1.54) is 11.1 Å². The van der Waals surface area contributed by atoms with Crippen LogP contribution in [0, 0.1) is 0 Å². The van der Waals surface area contributed by atoms with E-state index in [2.05, 4.69) is 71.3 Å². The molecule has 0 unspecified atom stereocenters. The zero-order chi connectivity index (χ0) is 20.8. The van der Waals surface area contributed by atoms with E-state index in [1.54, 1.807) is 7.11 Å². The second kappa shape index (κ2) is 10.1. The molecule has 2 atom stereocenters. The molecule has 30 heavy (non-hydrogen) atoms. The maximum Gasteiger partial charge on any atom is 0.123 e. The zero-order valence-corrected chi connectivity index (χ0v) is 18.1. The molecule has 3 aromatic rings. The van der Waals surface area contributed by atoms with Gasteiger partial charge >= 0.3 is 0 Å². The highest BCUT2D eigenvalue weighted by molar-refractivity contribution is 6.30. The molecule has 0 aromatic heterocycles. The van der Waals surface area contributed by atoms with Crippen molar-refractivity contribution in [2.75, 3.05) is 13.7 Å². The molecule has 1 fully saturated rings. The standard InChI is InChI=1S/C26H29ClN2O/c1-30-24-15-14-22(27)17-21(24)18-29-23-13-8-16-28-26(23)25(19-9-4-2-5-10-19)20-11-6-3-7-12-20/h2-7,9-12,14-15,17,23,25-26,28-29H,8,13,16,18H2,1H3/t23-,26+/m0/s1. The molecule has 0 radical (unpaired) electrons. The van der Waals surface area contributed by atoms with E-state index in [0.717, 1.165) is 42.3 Å². The van der Waals surface area contributed by atoms with Crippen LogP contribution in [0.15, 0.2) is 78.9 Å². The average molecular weight is 421 g/mol. The predicted octanol–water partition coefficient (Wildman–Crippen LogP) is 5.39. The van der Waals surface area contributed by atoms with Crippen molar-refractivity contribution in [3.8, 4) is 5.75 Å². The summed E-state index contributed by atoms with van der Waals surface area (Å²) in [5, 5.41) is 8.37. The summed E-state index contributed by atoms with van der Waals surface area (Å²) in [6.45, 7) is 1.77. The van der Waals surface area contributed by atoms with Crippen LogP contribution in [-0.2, 0) is 6.54 Å². The molecule has 156 valence electrons. The van der Waals surface area contributed by atoms with Gasteiger partial charge in [0.25, 0.3) is 0 Å². The summed E-state index contributed by atoms with van der Waals surface area (Å²) in [5.74, 6) is 1.15. The topological polar surface area (TPSA) is 33.3 Å². The number of halogens is 1. The van der Waals surface area contributed by atoms with Crippen LogP contribution in [0.1, 0.15) is 35.4 Å². The average Bonchev–Trinajstić information content (AvgIpc) is 2.80. The Kier molecular flexibility index (Phi) is 7.06. The summed E-state index contributed by atoms with van der Waals surface area (Å²) in [7, 11) is 1.71. The molecular weight excluding hydrogens is 392 g/mol. The van der Waals surface area contributed by atoms with E-state index in [1.807, 2.05) is 18.2 Å². The first-order valence-corrected chi connectivity index (χ1v) is 11.0. The fraction of sp³-hybridized carbons (Fsp3) is 0.308. The molecular formula is C26H29ClN2O. The lowest BCUT2D eigenvalue weighted by atomic mass is 9.79. The number of piperidine rings is 1. The van der Waals surface area contributed by atoms with E-state index in [4.69, 9.17) is 16.3 Å². The quantitative estimate of drug-likeness (QED) is 0.537. The molecule has 0 aliphatic carbocycles. The van der Waals surface area contributed by atoms with Crippen LogP contribution in [0.3, 0.4) is 0 Å². The molecule has 4 rings (SSSR count). The molecule has 1 saturated heterocycles. The Balaban J connectivity index is 1.61. The van der Waals surface area contributed by atoms with Gasteiger partial charge in [-0.15, -0.1) is 0 Å². The van der Waals surface area contributed by atoms with Crippen molar-refractivity contribution in [1.82, 2.24) is 10.6 Å². The highest BCUT2D eigenvalue weighted by atomic mass is 35.5. The molecule has 4 heteroatoms. The Labute approximate surface area is 184 Å². The number of hydrogen-bond acceptors (Lipinski definition) is 3. The van der Waals surface area contributed by atoms with Gasteiger partial charge in [0.1, 0.15) is 5.75 Å². The molecule has 1 aliphatic heterocycles. The minimum Gasteiger partial charge on any atom is -0.496 e. The lowest BCUT2D eigenvalue weighted by molar-refractivity contribution is 0.279. The minimum atomic E-state index is 0.284. The molecule has 0 spiro atoms. The lowest BCUT2D eigenvalue weighted by Gasteiger charge is -2.39. The van der Waals surface area contributed by atoms with E-state index in [9.17, 15) is 0 Å². The molecule has 2 N–H and O–H groups in total. The minimum absolute atomic E-state index is 0.284. The number of hydrogen-bond donors (Lipinski definition) is 2. The monoisotopic (exact) mass is 420 g/mol. The summed E-state index contributed by atoms with van der Waals surface area (Å²) in [6.07, 6.45) is 2.30. The number of nitrogens with one attached hydrogen (secondary N) is 2. The highest BCUT2D eigenvalue weighted by Crippen LogP contribution is 2.32.